The molecule has 4 rings (SSSR count). The molecule has 19 atom stereocenters. The molecule has 2 aromatic rings. The zero-order valence-electron chi connectivity index (χ0n) is 61.6. The van der Waals surface area contributed by atoms with Gasteiger partial charge in [-0.15, -0.1) is 0 Å². The molecule has 1 saturated heterocycles. The summed E-state index contributed by atoms with van der Waals surface area (Å²) in [5.41, 5.74) is 17.9. The Morgan fingerprint density at radius 3 is 1.96 bits per heavy atom. The van der Waals surface area contributed by atoms with Gasteiger partial charge in [0, 0.05) is 30.3 Å². The highest BCUT2D eigenvalue weighted by Gasteiger charge is 2.46. The van der Waals surface area contributed by atoms with Crippen molar-refractivity contribution in [3.05, 3.63) is 65.7 Å². The number of nitrogens with two attached hydrogens (primary N) is 3. The number of nitrogens with zero attached hydrogens (tertiary/aromatic N) is 1. The van der Waals surface area contributed by atoms with Crippen LogP contribution in [0, 0.1) is 29.6 Å². The van der Waals surface area contributed by atoms with Crippen LogP contribution in [-0.4, -0.2) is 226 Å². The third kappa shape index (κ3) is 27.8. The van der Waals surface area contributed by atoms with Crippen LogP contribution in [0.25, 0.3) is 0 Å². The maximum absolute atomic E-state index is 15.6. The van der Waals surface area contributed by atoms with Gasteiger partial charge in [-0.1, -0.05) is 98.6 Å². The number of benzene rings is 2. The Balaban J connectivity index is 2.02. The Kier molecular flexibility index (Phi) is 35.2. The van der Waals surface area contributed by atoms with E-state index in [0.717, 1.165) is 38.1 Å². The predicted octanol–water partition coefficient (Wildman–Crippen LogP) is -3.16. The summed E-state index contributed by atoms with van der Waals surface area (Å²) in [7, 11) is 1.44. The molecule has 2 aliphatic rings. The fraction of sp³-hybridized carbons (Fsp3) is 0.618. The Morgan fingerprint density at radius 2 is 1.38 bits per heavy atom. The molecule has 0 saturated carbocycles. The minimum absolute atomic E-state index is 0.0161. The highest BCUT2D eigenvalue weighted by Crippen LogP contribution is 2.30. The average molecular weight is 1520 g/mol. The molecule has 2 aliphatic heterocycles. The normalized spacial score (nSPS) is 26.7. The number of carbonyl (C=O) groups excluding carboxylic acids is 11. The summed E-state index contributed by atoms with van der Waals surface area (Å²) >= 11 is 0. The lowest BCUT2D eigenvalue weighted by atomic mass is 9.84. The van der Waals surface area contributed by atoms with E-state index in [9.17, 15) is 91.8 Å². The number of anilines is 1. The minimum atomic E-state index is -5.52. The van der Waals surface area contributed by atoms with Crippen LogP contribution in [0.15, 0.2) is 65.2 Å². The van der Waals surface area contributed by atoms with Crippen molar-refractivity contribution in [1.29, 1.82) is 0 Å². The third-order valence-electron chi connectivity index (χ3n) is 17.4. The number of guanidine groups is 1. The summed E-state index contributed by atoms with van der Waals surface area (Å²) < 4.78 is 56.1. The lowest BCUT2D eigenvalue weighted by Gasteiger charge is -2.41. The second-order valence-corrected chi connectivity index (χ2v) is 27.5. The van der Waals surface area contributed by atoms with Crippen molar-refractivity contribution >= 4 is 76.9 Å². The molecule has 0 aromatic heterocycles. The van der Waals surface area contributed by atoms with E-state index in [1.54, 1.807) is 73.6 Å². The lowest BCUT2D eigenvalue weighted by molar-refractivity contribution is -0.189. The summed E-state index contributed by atoms with van der Waals surface area (Å²) in [6.45, 7) is 15.8. The van der Waals surface area contributed by atoms with Crippen molar-refractivity contribution < 1.29 is 111 Å². The number of esters is 2. The second kappa shape index (κ2) is 41.8. The molecule has 39 heteroatoms. The number of cyclic esters (lactones) is 1. The summed E-state index contributed by atoms with van der Waals surface area (Å²) in [5.74, 6) is -18.1. The highest BCUT2D eigenvalue weighted by molar-refractivity contribution is 6.02. The van der Waals surface area contributed by atoms with Crippen LogP contribution in [0.4, 0.5) is 23.7 Å². The van der Waals surface area contributed by atoms with Gasteiger partial charge in [0.1, 0.15) is 60.4 Å². The van der Waals surface area contributed by atoms with Crippen molar-refractivity contribution in [2.24, 2.45) is 51.8 Å². The summed E-state index contributed by atoms with van der Waals surface area (Å²) in [6, 6.07) is -8.85. The maximum atomic E-state index is 15.6. The van der Waals surface area contributed by atoms with Crippen LogP contribution in [-0.2, 0) is 52.7 Å². The number of primary amides is 1. The molecule has 598 valence electrons. The fourth-order valence-electron chi connectivity index (χ4n) is 11.4. The molecule has 4 unspecified atom stereocenters. The molecule has 2 bridgehead atoms. The van der Waals surface area contributed by atoms with E-state index in [-0.39, 0.29) is 50.5 Å². The largest absolute Gasteiger partial charge is 0.497 e. The van der Waals surface area contributed by atoms with E-state index in [1.165, 1.54) is 26.2 Å². The smallest absolute Gasteiger partial charge is 0.491 e. The Morgan fingerprint density at radius 1 is 0.748 bits per heavy atom. The van der Waals surface area contributed by atoms with Crippen molar-refractivity contribution in [3.8, 4) is 11.5 Å². The monoisotopic (exact) mass is 1520 g/mol. The van der Waals surface area contributed by atoms with Crippen LogP contribution in [0.1, 0.15) is 120 Å². The number of nitrogens with one attached hydrogen (secondary N) is 12. The number of hydrogen-bond acceptors (Lipinski definition) is 25. The molecule has 36 nitrogen and oxygen atoms in total. The Labute approximate surface area is 616 Å². The number of aliphatic hydroxyl groups excluding tert-OH is 6. The van der Waals surface area contributed by atoms with Crippen LogP contribution in [0.5, 0.6) is 11.5 Å². The zero-order valence-corrected chi connectivity index (χ0v) is 61.6. The molecule has 0 spiro atoms. The first-order chi connectivity index (χ1) is 50.0. The molecule has 0 radical (unpaired) electrons. The second-order valence-electron chi connectivity index (χ2n) is 27.5. The first-order valence-electron chi connectivity index (χ1n) is 34.8. The van der Waals surface area contributed by atoms with Crippen LogP contribution in [0.3, 0.4) is 0 Å². The van der Waals surface area contributed by atoms with Crippen molar-refractivity contribution in [2.45, 2.75) is 218 Å². The number of ether oxygens (including phenoxy) is 3. The molecule has 10 amide bonds. The Bertz CT molecular complexity index is 3440. The van der Waals surface area contributed by atoms with E-state index in [1.807, 2.05) is 5.32 Å². The van der Waals surface area contributed by atoms with Gasteiger partial charge < -0.3 is 105 Å². The standard InChI is InChI=1S/C68H105F3N16O20/c1-13-32(8)45-59(97)83-46(35(11)88)58(96)76-28-44(89)81-49(52(91)54(73)92)61(99)77-34(10)64(102)107-53(36-19-21-38(22-20-36)106-65(103)68(69,70)71)50(86-57(95)43(25-30(4)5)80-55(93)41(72)24-29(2)3)63(101)85-48-51(90)33(9)26-40(31(6)7)47(84-62(48)100)60(98)79-42(56(94)82-45)18-15-23-75-66(74)87-67(104)78-37-16-14-17-39(27-37)105-12/h14,16-17,19-22,26-27,29-35,41-43,45-53,56,60,62,79,82,84,88,90-91,94,98,100H,13,15,18,23-25,28,72H2,1-12H3,(H2,73,92)(H,76,96)(H,77,99)(H,80,93)(H,81,89)(H,83,97)(H,85,101)(H,86,95)(H4,74,75,78,87,104)/t32-,33?,34-,35-,41+,42+,43-,45-,46-,47-,48-,49-,50-,51+,52-,53+,56?,60?,62?/m0/s1. The molecule has 24 N–H and O–H groups in total. The molecule has 0 aliphatic carbocycles. The van der Waals surface area contributed by atoms with E-state index in [2.05, 4.69) is 68.2 Å². The number of fused-ring (bicyclic) bond motifs is 3. The topological polar surface area (TPSA) is 572 Å². The predicted molar refractivity (Wildman–Crippen MR) is 378 cm³/mol. The van der Waals surface area contributed by atoms with Crippen LogP contribution < -0.4 is 90.5 Å². The van der Waals surface area contributed by atoms with Crippen molar-refractivity contribution in [3.63, 3.8) is 0 Å². The number of carbonyl (C=O) groups is 11. The first kappa shape index (κ1) is 90.2. The molecular formula is C68H105F3N16O20. The minimum Gasteiger partial charge on any atom is -0.497 e. The van der Waals surface area contributed by atoms with Gasteiger partial charge in [0.25, 0.3) is 0 Å². The SMILES string of the molecule is CC[C@H](C)[C@@H]1NC(O)[C@@H](CCCN=C(N)NC(=O)Nc2cccc(OC)c2)NC(O)[C@H]2NC(O)[C@@H](NC(=O)[C@@H](NC(=O)[C@H](CC(C)C)NC(=O)[C@H](N)CC(C)C)[C@@H](c3ccc(OC(=O)C(F)(F)F)cc3)OC(=O)[C@H](C)NC(=O)[C@H]([C@H](O)C(N)=O)NC(=O)CNC(=O)[C@H]([C@H](C)O)NC1=O)[C@H](O)C(C)C=C2C(C)C. The van der Waals surface area contributed by atoms with Gasteiger partial charge in [0.15, 0.2) is 18.2 Å². The summed E-state index contributed by atoms with van der Waals surface area (Å²) in [5, 5.41) is 101. The molecule has 107 heavy (non-hydrogen) atoms. The van der Waals surface area contributed by atoms with E-state index in [4.69, 9.17) is 26.7 Å². The van der Waals surface area contributed by atoms with Gasteiger partial charge in [0.05, 0.1) is 50.0 Å². The van der Waals surface area contributed by atoms with Crippen LogP contribution in [0.2, 0.25) is 0 Å². The number of alkyl halides is 3. The number of urea groups is 1. The number of rotatable bonds is 22. The van der Waals surface area contributed by atoms with Gasteiger partial charge in [-0.2, -0.15) is 13.2 Å². The van der Waals surface area contributed by atoms with Crippen molar-refractivity contribution in [1.82, 2.24) is 58.5 Å². The van der Waals surface area contributed by atoms with E-state index < -0.39 is 216 Å². The van der Waals surface area contributed by atoms with Gasteiger partial charge in [-0.3, -0.25) is 64.6 Å². The van der Waals surface area contributed by atoms with Gasteiger partial charge in [-0.25, -0.2) is 14.4 Å². The van der Waals surface area contributed by atoms with E-state index in [0.29, 0.717) is 17.0 Å². The zero-order chi connectivity index (χ0) is 80.6. The van der Waals surface area contributed by atoms with Gasteiger partial charge >= 0.3 is 24.1 Å². The number of hydrogen-bond donors (Lipinski definition) is 21. The molecular weight excluding hydrogens is 1420 g/mol. The first-order valence-corrected chi connectivity index (χ1v) is 34.8. The number of aliphatic hydroxyl groups is 6. The number of amides is 10. The maximum Gasteiger partial charge on any atom is 0.491 e. The fourth-order valence-corrected chi connectivity index (χ4v) is 11.4. The average Bonchev–Trinajstić information content (AvgIpc) is 0.798. The number of halogens is 3. The van der Waals surface area contributed by atoms with Crippen LogP contribution >= 0.6 is 0 Å². The molecule has 2 heterocycles. The molecule has 1 fully saturated rings. The highest BCUT2D eigenvalue weighted by atomic mass is 19.4. The Hall–Kier alpha value is -9.19. The lowest BCUT2D eigenvalue weighted by Crippen LogP contribution is -2.67. The van der Waals surface area contributed by atoms with E-state index >= 15 is 4.79 Å². The molecule has 2 aromatic carbocycles. The third-order valence-corrected chi connectivity index (χ3v) is 17.4. The number of methoxy groups -OCH3 is 1. The van der Waals surface area contributed by atoms with Gasteiger partial charge in [-0.05, 0) is 93.0 Å². The van der Waals surface area contributed by atoms with Gasteiger partial charge in [0.2, 0.25) is 47.3 Å². The summed E-state index contributed by atoms with van der Waals surface area (Å²) in [4.78, 5) is 157. The van der Waals surface area contributed by atoms with Crippen molar-refractivity contribution in [2.75, 3.05) is 25.5 Å². The number of aliphatic imine (C=N–C) groups is 1. The summed E-state index contributed by atoms with van der Waals surface area (Å²) in [6.07, 6.45) is -18.5. The quantitative estimate of drug-likeness (QED) is 0.0138.